The zero-order chi connectivity index (χ0) is 14.6. The summed E-state index contributed by atoms with van der Waals surface area (Å²) >= 11 is 0. The fourth-order valence-electron chi connectivity index (χ4n) is 1.15. The lowest BCUT2D eigenvalue weighted by Gasteiger charge is -2.17. The van der Waals surface area contributed by atoms with Gasteiger partial charge < -0.3 is 13.8 Å². The van der Waals surface area contributed by atoms with Crippen LogP contribution >= 0.6 is 7.60 Å². The molecule has 110 valence electrons. The summed E-state index contributed by atoms with van der Waals surface area (Å²) in [5, 5.41) is 0. The van der Waals surface area contributed by atoms with Gasteiger partial charge in [0.2, 0.25) is 0 Å². The van der Waals surface area contributed by atoms with Crippen LogP contribution in [0.5, 0.6) is 0 Å². The molecule has 0 radical (unpaired) electrons. The Hall–Kier alpha value is -0.820. The molecule has 0 unspecified atom stereocenters. The molecule has 0 saturated carbocycles. The molecule has 0 N–H and O–H groups in total. The minimum absolute atomic E-state index is 0.136. The molecular weight excluding hydrogens is 267 g/mol. The standard InChI is InChI=1S/C13H23O5P/c1-4-7-10-17-19(15,18-11-8-5-2)12-13(14)16-9-6-3/h3H,4-5,7-12H2,1-2H3. The molecule has 19 heavy (non-hydrogen) atoms. The smallest absolute Gasteiger partial charge is 0.341 e. The fourth-order valence-corrected chi connectivity index (χ4v) is 2.63. The van der Waals surface area contributed by atoms with Crippen molar-refractivity contribution in [3.05, 3.63) is 0 Å². The van der Waals surface area contributed by atoms with Crippen molar-refractivity contribution in [2.75, 3.05) is 26.0 Å². The topological polar surface area (TPSA) is 61.8 Å². The van der Waals surface area contributed by atoms with Gasteiger partial charge in [-0.25, -0.2) is 0 Å². The van der Waals surface area contributed by atoms with E-state index in [1.54, 1.807) is 0 Å². The lowest BCUT2D eigenvalue weighted by molar-refractivity contribution is -0.139. The van der Waals surface area contributed by atoms with Crippen molar-refractivity contribution in [2.24, 2.45) is 0 Å². The molecule has 0 fully saturated rings. The van der Waals surface area contributed by atoms with Crippen molar-refractivity contribution < 1.29 is 23.1 Å². The van der Waals surface area contributed by atoms with Crippen LogP contribution in [-0.4, -0.2) is 32.0 Å². The van der Waals surface area contributed by atoms with Gasteiger partial charge in [0, 0.05) is 0 Å². The van der Waals surface area contributed by atoms with Crippen LogP contribution in [0.25, 0.3) is 0 Å². The van der Waals surface area contributed by atoms with E-state index in [9.17, 15) is 9.36 Å². The second kappa shape index (κ2) is 11.0. The Bertz CT molecular complexity index is 320. The van der Waals surface area contributed by atoms with Gasteiger partial charge in [-0.15, -0.1) is 6.42 Å². The summed E-state index contributed by atoms with van der Waals surface area (Å²) < 4.78 is 27.5. The molecule has 0 bridgehead atoms. The van der Waals surface area contributed by atoms with E-state index in [4.69, 9.17) is 20.2 Å². The molecule has 5 nitrogen and oxygen atoms in total. The highest BCUT2D eigenvalue weighted by Gasteiger charge is 2.29. The van der Waals surface area contributed by atoms with E-state index in [-0.39, 0.29) is 12.8 Å². The second-order valence-electron chi connectivity index (χ2n) is 4.01. The largest absolute Gasteiger partial charge is 0.452 e. The van der Waals surface area contributed by atoms with Gasteiger partial charge in [0.1, 0.15) is 6.16 Å². The second-order valence-corrected chi connectivity index (χ2v) is 6.06. The number of carbonyl (C=O) groups excluding carboxylic acids is 1. The van der Waals surface area contributed by atoms with Crippen LogP contribution in [0.15, 0.2) is 0 Å². The van der Waals surface area contributed by atoms with Gasteiger partial charge in [0.05, 0.1) is 13.2 Å². The quantitative estimate of drug-likeness (QED) is 0.253. The van der Waals surface area contributed by atoms with Crippen LogP contribution in [0.1, 0.15) is 39.5 Å². The summed E-state index contributed by atoms with van der Waals surface area (Å²) in [5.74, 6) is 1.52. The zero-order valence-corrected chi connectivity index (χ0v) is 12.6. The number of carbonyl (C=O) groups is 1. The van der Waals surface area contributed by atoms with E-state index in [1.165, 1.54) is 0 Å². The normalized spacial score (nSPS) is 11.0. The number of hydrogen-bond acceptors (Lipinski definition) is 5. The Morgan fingerprint density at radius 1 is 1.16 bits per heavy atom. The third-order valence-corrected chi connectivity index (χ3v) is 4.01. The van der Waals surface area contributed by atoms with Crippen LogP contribution < -0.4 is 0 Å². The molecule has 0 aliphatic rings. The van der Waals surface area contributed by atoms with Gasteiger partial charge in [0.15, 0.2) is 6.61 Å². The number of esters is 1. The van der Waals surface area contributed by atoms with Gasteiger partial charge in [-0.05, 0) is 12.8 Å². The third kappa shape index (κ3) is 9.72. The lowest BCUT2D eigenvalue weighted by Crippen LogP contribution is -2.14. The first-order valence-corrected chi connectivity index (χ1v) is 8.28. The third-order valence-electron chi connectivity index (χ3n) is 2.21. The van der Waals surface area contributed by atoms with Crippen molar-refractivity contribution in [1.82, 2.24) is 0 Å². The molecule has 0 atom stereocenters. The molecule has 0 rings (SSSR count). The molecule has 0 spiro atoms. The number of unbranched alkanes of at least 4 members (excludes halogenated alkanes) is 2. The highest BCUT2D eigenvalue weighted by atomic mass is 31.2. The Morgan fingerprint density at radius 2 is 1.68 bits per heavy atom. The first kappa shape index (κ1) is 18.2. The molecule has 0 aromatic heterocycles. The molecule has 6 heteroatoms. The van der Waals surface area contributed by atoms with Crippen LogP contribution in [0.2, 0.25) is 0 Å². The fraction of sp³-hybridized carbons (Fsp3) is 0.769. The summed E-state index contributed by atoms with van der Waals surface area (Å²) in [4.78, 5) is 11.4. The Morgan fingerprint density at radius 3 is 2.11 bits per heavy atom. The monoisotopic (exact) mass is 290 g/mol. The molecule has 0 amide bonds. The molecule has 0 aliphatic heterocycles. The number of rotatable bonds is 11. The predicted octanol–water partition coefficient (Wildman–Crippen LogP) is 2.99. The SMILES string of the molecule is C#CCOC(=O)CP(=O)(OCCCC)OCCCC. The highest BCUT2D eigenvalue weighted by Crippen LogP contribution is 2.48. The average Bonchev–Trinajstić information content (AvgIpc) is 2.37. The molecular formula is C13H23O5P. The van der Waals surface area contributed by atoms with Gasteiger partial charge in [0.25, 0.3) is 0 Å². The maximum absolute atomic E-state index is 12.3. The van der Waals surface area contributed by atoms with Crippen LogP contribution in [0.3, 0.4) is 0 Å². The van der Waals surface area contributed by atoms with Gasteiger partial charge in [-0.2, -0.15) is 0 Å². The first-order valence-electron chi connectivity index (χ1n) is 6.55. The van der Waals surface area contributed by atoms with Crippen molar-refractivity contribution >= 4 is 13.6 Å². The van der Waals surface area contributed by atoms with Gasteiger partial charge >= 0.3 is 13.6 Å². The predicted molar refractivity (Wildman–Crippen MR) is 74.0 cm³/mol. The van der Waals surface area contributed by atoms with Crippen molar-refractivity contribution in [3.8, 4) is 12.3 Å². The van der Waals surface area contributed by atoms with Crippen LogP contribution in [-0.2, 0) is 23.1 Å². The van der Waals surface area contributed by atoms with Gasteiger partial charge in [-0.3, -0.25) is 9.36 Å². The number of ether oxygens (including phenoxy) is 1. The van der Waals surface area contributed by atoms with E-state index in [2.05, 4.69) is 5.92 Å². The summed E-state index contributed by atoms with van der Waals surface area (Å²) in [7, 11) is -3.42. The van der Waals surface area contributed by atoms with E-state index in [1.807, 2.05) is 13.8 Å². The molecule has 0 heterocycles. The number of terminal acetylenes is 1. The Kier molecular flexibility index (Phi) is 10.6. The summed E-state index contributed by atoms with van der Waals surface area (Å²) in [5.41, 5.74) is 0. The Balaban J connectivity index is 4.34. The summed E-state index contributed by atoms with van der Waals surface area (Å²) in [6.45, 7) is 4.47. The zero-order valence-electron chi connectivity index (χ0n) is 11.7. The van der Waals surface area contributed by atoms with E-state index < -0.39 is 13.6 Å². The number of hydrogen-bond donors (Lipinski definition) is 0. The minimum atomic E-state index is -3.42. The summed E-state index contributed by atoms with van der Waals surface area (Å²) in [6.07, 6.45) is 7.95. The minimum Gasteiger partial charge on any atom is -0.452 e. The average molecular weight is 290 g/mol. The summed E-state index contributed by atoms with van der Waals surface area (Å²) in [6, 6.07) is 0. The van der Waals surface area contributed by atoms with Crippen LogP contribution in [0.4, 0.5) is 0 Å². The van der Waals surface area contributed by atoms with Crippen molar-refractivity contribution in [1.29, 1.82) is 0 Å². The van der Waals surface area contributed by atoms with E-state index >= 15 is 0 Å². The first-order chi connectivity index (χ1) is 9.08. The Labute approximate surface area is 115 Å². The lowest BCUT2D eigenvalue weighted by atomic mass is 10.4. The molecule has 0 aromatic carbocycles. The van der Waals surface area contributed by atoms with E-state index in [0.29, 0.717) is 13.2 Å². The maximum Gasteiger partial charge on any atom is 0.341 e. The molecule has 0 aliphatic carbocycles. The van der Waals surface area contributed by atoms with Crippen molar-refractivity contribution in [3.63, 3.8) is 0 Å². The van der Waals surface area contributed by atoms with Crippen molar-refractivity contribution in [2.45, 2.75) is 39.5 Å². The molecule has 0 saturated heterocycles. The molecule has 0 aromatic rings. The van der Waals surface area contributed by atoms with Crippen LogP contribution in [0, 0.1) is 12.3 Å². The maximum atomic E-state index is 12.3. The van der Waals surface area contributed by atoms with Gasteiger partial charge in [-0.1, -0.05) is 32.6 Å². The highest BCUT2D eigenvalue weighted by molar-refractivity contribution is 7.54. The van der Waals surface area contributed by atoms with E-state index in [0.717, 1.165) is 25.7 Å².